The Bertz CT molecular complexity index is 733. The zero-order valence-electron chi connectivity index (χ0n) is 11.2. The van der Waals surface area contributed by atoms with Gasteiger partial charge in [-0.1, -0.05) is 40.2 Å². The Morgan fingerprint density at radius 1 is 1.05 bits per heavy atom. The van der Waals surface area contributed by atoms with Crippen LogP contribution in [0.2, 0.25) is 0 Å². The molecular weight excluding hydrogens is 334 g/mol. The second-order valence-electron chi connectivity index (χ2n) is 5.08. The van der Waals surface area contributed by atoms with E-state index in [-0.39, 0.29) is 17.5 Å². The van der Waals surface area contributed by atoms with E-state index in [2.05, 4.69) is 21.2 Å². The molecule has 21 heavy (non-hydrogen) atoms. The summed E-state index contributed by atoms with van der Waals surface area (Å²) in [5.74, 6) is -1.77. The first-order valence-corrected chi connectivity index (χ1v) is 7.32. The molecule has 1 aromatic carbocycles. The smallest absolute Gasteiger partial charge is 0.221 e. The van der Waals surface area contributed by atoms with Crippen LogP contribution in [0.25, 0.3) is 0 Å². The standard InChI is InChI=1S/C16H12BrNO3/c1-8(19)18-12-7-6-11(17)13-14(12)16(21)10-5-3-2-4-9(10)15(13)20/h2-7,13-14H,1H3,(H,18,19)/t13-,14+/m1/s1. The number of allylic oxidation sites excluding steroid dienone is 4. The molecule has 0 spiro atoms. The average molecular weight is 346 g/mol. The molecule has 2 aliphatic rings. The summed E-state index contributed by atoms with van der Waals surface area (Å²) in [5, 5.41) is 2.67. The predicted octanol–water partition coefficient (Wildman–Crippen LogP) is 2.61. The van der Waals surface area contributed by atoms with Crippen LogP contribution in [-0.2, 0) is 4.79 Å². The van der Waals surface area contributed by atoms with Crippen molar-refractivity contribution in [3.63, 3.8) is 0 Å². The summed E-state index contributed by atoms with van der Waals surface area (Å²) in [6.07, 6.45) is 3.39. The maximum atomic E-state index is 12.7. The van der Waals surface area contributed by atoms with Crippen molar-refractivity contribution >= 4 is 33.4 Å². The first-order valence-electron chi connectivity index (χ1n) is 6.53. The van der Waals surface area contributed by atoms with Gasteiger partial charge in [-0.15, -0.1) is 0 Å². The van der Waals surface area contributed by atoms with Gasteiger partial charge in [-0.3, -0.25) is 14.4 Å². The third-order valence-electron chi connectivity index (χ3n) is 3.73. The Morgan fingerprint density at radius 3 is 2.19 bits per heavy atom. The second-order valence-corrected chi connectivity index (χ2v) is 6.00. The lowest BCUT2D eigenvalue weighted by molar-refractivity contribution is -0.118. The summed E-state index contributed by atoms with van der Waals surface area (Å²) in [6, 6.07) is 6.81. The first-order chi connectivity index (χ1) is 10.0. The fraction of sp³-hybridized carbons (Fsp3) is 0.188. The SMILES string of the molecule is CC(=O)NC1=CC=C(Br)[C@H]2C(=O)c3ccccc3C(=O)[C@@H]12. The van der Waals surface area contributed by atoms with E-state index in [1.165, 1.54) is 6.92 Å². The minimum absolute atomic E-state index is 0.103. The highest BCUT2D eigenvalue weighted by atomic mass is 79.9. The maximum absolute atomic E-state index is 12.7. The van der Waals surface area contributed by atoms with Crippen LogP contribution in [0.1, 0.15) is 27.6 Å². The van der Waals surface area contributed by atoms with Gasteiger partial charge in [-0.2, -0.15) is 0 Å². The largest absolute Gasteiger partial charge is 0.329 e. The summed E-state index contributed by atoms with van der Waals surface area (Å²) < 4.78 is 0.662. The fourth-order valence-electron chi connectivity index (χ4n) is 2.86. The summed E-state index contributed by atoms with van der Waals surface area (Å²) >= 11 is 3.37. The molecule has 106 valence electrons. The van der Waals surface area contributed by atoms with Gasteiger partial charge in [0.25, 0.3) is 0 Å². The summed E-state index contributed by atoms with van der Waals surface area (Å²) in [6.45, 7) is 1.38. The molecule has 0 aliphatic heterocycles. The maximum Gasteiger partial charge on any atom is 0.221 e. The Labute approximate surface area is 130 Å². The van der Waals surface area contributed by atoms with Crippen molar-refractivity contribution in [2.75, 3.05) is 0 Å². The van der Waals surface area contributed by atoms with Gasteiger partial charge in [-0.25, -0.2) is 0 Å². The van der Waals surface area contributed by atoms with E-state index in [4.69, 9.17) is 0 Å². The minimum Gasteiger partial charge on any atom is -0.329 e. The lowest BCUT2D eigenvalue weighted by Gasteiger charge is -2.34. The average Bonchev–Trinajstić information content (AvgIpc) is 2.46. The second kappa shape index (κ2) is 5.07. The molecule has 1 amide bonds. The van der Waals surface area contributed by atoms with E-state index in [0.29, 0.717) is 21.3 Å². The van der Waals surface area contributed by atoms with Crippen molar-refractivity contribution in [2.24, 2.45) is 11.8 Å². The first kappa shape index (κ1) is 13.9. The lowest BCUT2D eigenvalue weighted by atomic mass is 9.71. The number of nitrogens with one attached hydrogen (secondary N) is 1. The monoisotopic (exact) mass is 345 g/mol. The van der Waals surface area contributed by atoms with Crippen LogP contribution in [0.3, 0.4) is 0 Å². The zero-order chi connectivity index (χ0) is 15.1. The van der Waals surface area contributed by atoms with Gasteiger partial charge in [0.15, 0.2) is 11.6 Å². The highest BCUT2D eigenvalue weighted by Gasteiger charge is 2.45. The van der Waals surface area contributed by atoms with Crippen LogP contribution in [0.5, 0.6) is 0 Å². The Balaban J connectivity index is 2.15. The van der Waals surface area contributed by atoms with E-state index in [9.17, 15) is 14.4 Å². The topological polar surface area (TPSA) is 63.2 Å². The molecule has 5 heteroatoms. The third-order valence-corrected chi connectivity index (χ3v) is 4.49. The molecule has 1 aromatic rings. The molecule has 2 aliphatic carbocycles. The van der Waals surface area contributed by atoms with Crippen LogP contribution < -0.4 is 5.32 Å². The van der Waals surface area contributed by atoms with Gasteiger partial charge < -0.3 is 5.32 Å². The van der Waals surface area contributed by atoms with Crippen molar-refractivity contribution in [3.05, 3.63) is 57.7 Å². The number of amides is 1. The number of benzene rings is 1. The molecule has 0 fully saturated rings. The van der Waals surface area contributed by atoms with E-state index < -0.39 is 11.8 Å². The van der Waals surface area contributed by atoms with Crippen molar-refractivity contribution in [2.45, 2.75) is 6.92 Å². The summed E-state index contributed by atoms with van der Waals surface area (Å²) in [7, 11) is 0. The number of hydrogen-bond donors (Lipinski definition) is 1. The molecule has 4 nitrogen and oxygen atoms in total. The van der Waals surface area contributed by atoms with E-state index in [1.807, 2.05) is 0 Å². The molecule has 0 bridgehead atoms. The van der Waals surface area contributed by atoms with Crippen molar-refractivity contribution < 1.29 is 14.4 Å². The highest BCUT2D eigenvalue weighted by molar-refractivity contribution is 9.11. The van der Waals surface area contributed by atoms with Crippen molar-refractivity contribution in [3.8, 4) is 0 Å². The molecule has 0 heterocycles. The lowest BCUT2D eigenvalue weighted by Crippen LogP contribution is -2.43. The van der Waals surface area contributed by atoms with Crippen LogP contribution >= 0.6 is 15.9 Å². The van der Waals surface area contributed by atoms with E-state index >= 15 is 0 Å². The summed E-state index contributed by atoms with van der Waals surface area (Å²) in [5.41, 5.74) is 1.34. The van der Waals surface area contributed by atoms with Gasteiger partial charge in [0, 0.05) is 28.2 Å². The van der Waals surface area contributed by atoms with Gasteiger partial charge >= 0.3 is 0 Å². The van der Waals surface area contributed by atoms with Crippen LogP contribution in [0.15, 0.2) is 46.6 Å². The van der Waals surface area contributed by atoms with Gasteiger partial charge in [-0.05, 0) is 12.2 Å². The Hall–Kier alpha value is -2.01. The van der Waals surface area contributed by atoms with E-state index in [0.717, 1.165) is 0 Å². The molecule has 1 N–H and O–H groups in total. The number of ketones is 2. The minimum atomic E-state index is -0.671. The van der Waals surface area contributed by atoms with Crippen LogP contribution in [-0.4, -0.2) is 17.5 Å². The van der Waals surface area contributed by atoms with Crippen molar-refractivity contribution in [1.82, 2.24) is 5.32 Å². The predicted molar refractivity (Wildman–Crippen MR) is 81.0 cm³/mol. The van der Waals surface area contributed by atoms with Crippen molar-refractivity contribution in [1.29, 1.82) is 0 Å². The molecule has 2 atom stereocenters. The highest BCUT2D eigenvalue weighted by Crippen LogP contribution is 2.42. The van der Waals surface area contributed by atoms with Gasteiger partial charge in [0.2, 0.25) is 5.91 Å². The molecule has 0 unspecified atom stereocenters. The number of Topliss-reactive ketones (excluding diaryl/α,β-unsaturated/α-hetero) is 2. The molecule has 0 aromatic heterocycles. The molecule has 0 saturated heterocycles. The Kier molecular flexibility index (Phi) is 3.37. The zero-order valence-corrected chi connectivity index (χ0v) is 12.8. The number of fused-ring (bicyclic) bond motifs is 2. The molecule has 0 radical (unpaired) electrons. The quantitative estimate of drug-likeness (QED) is 0.850. The number of carbonyl (C=O) groups is 3. The Morgan fingerprint density at radius 2 is 1.62 bits per heavy atom. The fourth-order valence-corrected chi connectivity index (χ4v) is 3.46. The number of carbonyl (C=O) groups excluding carboxylic acids is 3. The molecule has 3 rings (SSSR count). The van der Waals surface area contributed by atoms with Crippen LogP contribution in [0, 0.1) is 11.8 Å². The van der Waals surface area contributed by atoms with Gasteiger partial charge in [0.05, 0.1) is 11.8 Å². The van der Waals surface area contributed by atoms with Crippen LogP contribution in [0.4, 0.5) is 0 Å². The molecule has 0 saturated carbocycles. The number of hydrogen-bond acceptors (Lipinski definition) is 3. The molecular formula is C16H12BrNO3. The normalized spacial score (nSPS) is 23.7. The number of rotatable bonds is 1. The third kappa shape index (κ3) is 2.17. The number of halogens is 1. The van der Waals surface area contributed by atoms with E-state index in [1.54, 1.807) is 36.4 Å². The summed E-state index contributed by atoms with van der Waals surface area (Å²) in [4.78, 5) is 36.7. The van der Waals surface area contributed by atoms with Gasteiger partial charge in [0.1, 0.15) is 0 Å².